The van der Waals surface area contributed by atoms with E-state index in [0.29, 0.717) is 5.88 Å². The lowest BCUT2D eigenvalue weighted by Gasteiger charge is -2.06. The van der Waals surface area contributed by atoms with Crippen LogP contribution in [0.25, 0.3) is 0 Å². The van der Waals surface area contributed by atoms with Crippen LogP contribution in [0.3, 0.4) is 0 Å². The van der Waals surface area contributed by atoms with Crippen molar-refractivity contribution in [3.05, 3.63) is 16.1 Å². The first kappa shape index (κ1) is 12.0. The predicted molar refractivity (Wildman–Crippen MR) is 61.2 cm³/mol. The van der Waals surface area contributed by atoms with Crippen LogP contribution in [0.15, 0.2) is 5.38 Å². The molecule has 0 saturated carbocycles. The molecule has 1 aromatic heterocycles. The number of aromatic nitrogens is 1. The quantitative estimate of drug-likeness (QED) is 0.703. The van der Waals surface area contributed by atoms with Gasteiger partial charge in [0.1, 0.15) is 11.1 Å². The normalized spacial score (nSPS) is 13.1. The molecule has 0 radical (unpaired) electrons. The van der Waals surface area contributed by atoms with Crippen LogP contribution >= 0.6 is 22.9 Å². The van der Waals surface area contributed by atoms with Gasteiger partial charge < -0.3 is 4.74 Å². The lowest BCUT2D eigenvalue weighted by Crippen LogP contribution is -1.99. The Morgan fingerprint density at radius 2 is 2.43 bits per heavy atom. The first-order chi connectivity index (χ1) is 6.77. The molecular formula is C10H16ClNOS. The van der Waals surface area contributed by atoms with E-state index in [2.05, 4.69) is 10.4 Å². The maximum atomic E-state index is 5.62. The Morgan fingerprint density at radius 1 is 1.64 bits per heavy atom. The highest BCUT2D eigenvalue weighted by molar-refractivity contribution is 7.09. The third-order valence-electron chi connectivity index (χ3n) is 1.90. The fraction of sp³-hybridized carbons (Fsp3) is 0.700. The summed E-state index contributed by atoms with van der Waals surface area (Å²) >= 11 is 7.29. The van der Waals surface area contributed by atoms with Crippen molar-refractivity contribution in [1.82, 2.24) is 4.98 Å². The van der Waals surface area contributed by atoms with Crippen molar-refractivity contribution in [2.75, 3.05) is 12.5 Å². The van der Waals surface area contributed by atoms with Gasteiger partial charge in [-0.2, -0.15) is 0 Å². The third-order valence-corrected chi connectivity index (χ3v) is 3.22. The van der Waals surface area contributed by atoms with Gasteiger partial charge in [-0.3, -0.25) is 0 Å². The molecule has 0 spiro atoms. The van der Waals surface area contributed by atoms with E-state index in [1.165, 1.54) is 0 Å². The van der Waals surface area contributed by atoms with E-state index in [0.717, 1.165) is 30.2 Å². The number of alkyl halides is 1. The molecule has 0 bridgehead atoms. The monoisotopic (exact) mass is 233 g/mol. The zero-order valence-electron chi connectivity index (χ0n) is 8.62. The number of hydrogen-bond donors (Lipinski definition) is 0. The second-order valence-electron chi connectivity index (χ2n) is 3.07. The molecule has 2 nitrogen and oxygen atoms in total. The van der Waals surface area contributed by atoms with Crippen molar-refractivity contribution in [2.45, 2.75) is 32.8 Å². The van der Waals surface area contributed by atoms with Crippen molar-refractivity contribution < 1.29 is 4.74 Å². The van der Waals surface area contributed by atoms with Crippen LogP contribution in [-0.4, -0.2) is 17.5 Å². The molecule has 4 heteroatoms. The van der Waals surface area contributed by atoms with Crippen molar-refractivity contribution in [3.63, 3.8) is 0 Å². The van der Waals surface area contributed by atoms with Crippen LogP contribution in [0.4, 0.5) is 0 Å². The lowest BCUT2D eigenvalue weighted by molar-refractivity contribution is 0.0761. The molecule has 0 amide bonds. The second kappa shape index (κ2) is 6.38. The van der Waals surface area contributed by atoms with Gasteiger partial charge in [-0.05, 0) is 26.7 Å². The summed E-state index contributed by atoms with van der Waals surface area (Å²) in [5, 5.41) is 3.16. The van der Waals surface area contributed by atoms with Crippen LogP contribution in [0.1, 0.15) is 37.1 Å². The predicted octanol–water partition coefficient (Wildman–Crippen LogP) is 3.41. The van der Waals surface area contributed by atoms with Gasteiger partial charge in [-0.1, -0.05) is 0 Å². The smallest absolute Gasteiger partial charge is 0.121 e. The lowest BCUT2D eigenvalue weighted by atomic mass is 10.3. The molecule has 0 saturated heterocycles. The standard InChI is InChI=1S/C10H16ClNOS/c1-3-13-8(2)10-12-9(7-14-10)5-4-6-11/h7-8H,3-6H2,1-2H3. The molecule has 0 aliphatic rings. The average Bonchev–Trinajstić information content (AvgIpc) is 2.63. The van der Waals surface area contributed by atoms with E-state index in [1.807, 2.05) is 13.8 Å². The van der Waals surface area contributed by atoms with E-state index in [-0.39, 0.29) is 6.10 Å². The van der Waals surface area contributed by atoms with Gasteiger partial charge in [0.25, 0.3) is 0 Å². The summed E-state index contributed by atoms with van der Waals surface area (Å²) in [6.45, 7) is 4.77. The number of nitrogens with zero attached hydrogens (tertiary/aromatic N) is 1. The summed E-state index contributed by atoms with van der Waals surface area (Å²) in [7, 11) is 0. The summed E-state index contributed by atoms with van der Waals surface area (Å²) < 4.78 is 5.47. The Kier molecular flexibility index (Phi) is 5.45. The van der Waals surface area contributed by atoms with E-state index in [9.17, 15) is 0 Å². The molecule has 1 aromatic rings. The molecule has 0 aromatic carbocycles. The van der Waals surface area contributed by atoms with Crippen LogP contribution in [0.2, 0.25) is 0 Å². The topological polar surface area (TPSA) is 22.1 Å². The van der Waals surface area contributed by atoms with Crippen LogP contribution in [0.5, 0.6) is 0 Å². The molecule has 1 atom stereocenters. The van der Waals surface area contributed by atoms with Crippen LogP contribution in [-0.2, 0) is 11.2 Å². The molecule has 0 aliphatic heterocycles. The first-order valence-corrected chi connectivity index (χ1v) is 6.31. The molecule has 1 rings (SSSR count). The Labute approximate surface area is 94.3 Å². The summed E-state index contributed by atoms with van der Waals surface area (Å²) in [5.74, 6) is 0.702. The molecule has 0 N–H and O–H groups in total. The fourth-order valence-electron chi connectivity index (χ4n) is 1.19. The Hall–Kier alpha value is -0.120. The molecule has 0 fully saturated rings. The van der Waals surface area contributed by atoms with Gasteiger partial charge in [0, 0.05) is 17.9 Å². The Balaban J connectivity index is 2.49. The number of rotatable bonds is 6. The van der Waals surface area contributed by atoms with Crippen molar-refractivity contribution >= 4 is 22.9 Å². The minimum atomic E-state index is 0.120. The highest BCUT2D eigenvalue weighted by Gasteiger charge is 2.09. The van der Waals surface area contributed by atoms with Crippen LogP contribution in [0, 0.1) is 0 Å². The molecule has 80 valence electrons. The van der Waals surface area contributed by atoms with Gasteiger partial charge in [-0.15, -0.1) is 22.9 Å². The van der Waals surface area contributed by atoms with Crippen molar-refractivity contribution in [3.8, 4) is 0 Å². The van der Waals surface area contributed by atoms with Gasteiger partial charge in [0.15, 0.2) is 0 Å². The highest BCUT2D eigenvalue weighted by atomic mass is 35.5. The number of ether oxygens (including phenoxy) is 1. The molecule has 1 unspecified atom stereocenters. The SMILES string of the molecule is CCOC(C)c1nc(CCCCl)cs1. The summed E-state index contributed by atoms with van der Waals surface area (Å²) in [6, 6.07) is 0. The zero-order chi connectivity index (χ0) is 10.4. The summed E-state index contributed by atoms with van der Waals surface area (Å²) in [4.78, 5) is 4.50. The molecule has 0 aliphatic carbocycles. The largest absolute Gasteiger partial charge is 0.372 e. The minimum absolute atomic E-state index is 0.120. The first-order valence-electron chi connectivity index (χ1n) is 4.89. The highest BCUT2D eigenvalue weighted by Crippen LogP contribution is 2.21. The van der Waals surface area contributed by atoms with E-state index in [1.54, 1.807) is 11.3 Å². The fourth-order valence-corrected chi connectivity index (χ4v) is 2.18. The molecular weight excluding hydrogens is 218 g/mol. The van der Waals surface area contributed by atoms with E-state index in [4.69, 9.17) is 16.3 Å². The third kappa shape index (κ3) is 3.56. The van der Waals surface area contributed by atoms with Gasteiger partial charge in [-0.25, -0.2) is 4.98 Å². The van der Waals surface area contributed by atoms with Crippen LogP contribution < -0.4 is 0 Å². The van der Waals surface area contributed by atoms with E-state index >= 15 is 0 Å². The van der Waals surface area contributed by atoms with Gasteiger partial charge >= 0.3 is 0 Å². The Bertz CT molecular complexity index is 264. The van der Waals surface area contributed by atoms with Gasteiger partial charge in [0.05, 0.1) is 5.69 Å². The molecule has 14 heavy (non-hydrogen) atoms. The number of aryl methyl sites for hydroxylation is 1. The number of halogens is 1. The van der Waals surface area contributed by atoms with Crippen molar-refractivity contribution in [1.29, 1.82) is 0 Å². The minimum Gasteiger partial charge on any atom is -0.372 e. The van der Waals surface area contributed by atoms with Crippen molar-refractivity contribution in [2.24, 2.45) is 0 Å². The molecule has 1 heterocycles. The Morgan fingerprint density at radius 3 is 3.07 bits per heavy atom. The zero-order valence-corrected chi connectivity index (χ0v) is 10.2. The second-order valence-corrected chi connectivity index (χ2v) is 4.33. The number of hydrogen-bond acceptors (Lipinski definition) is 3. The maximum absolute atomic E-state index is 5.62. The van der Waals surface area contributed by atoms with Gasteiger partial charge in [0.2, 0.25) is 0 Å². The number of thiazole rings is 1. The summed E-state index contributed by atoms with van der Waals surface area (Å²) in [5.41, 5.74) is 1.14. The van der Waals surface area contributed by atoms with E-state index < -0.39 is 0 Å². The summed E-state index contributed by atoms with van der Waals surface area (Å²) in [6.07, 6.45) is 2.09. The maximum Gasteiger partial charge on any atom is 0.121 e. The average molecular weight is 234 g/mol.